The molecule has 0 aliphatic rings. The largest absolute Gasteiger partial charge is 0.382 e. The first kappa shape index (κ1) is 14.9. The Hall–Kier alpha value is -0.120. The van der Waals surface area contributed by atoms with Crippen LogP contribution in [0.2, 0.25) is 0 Å². The monoisotopic (exact) mass is 217 g/mol. The molecule has 0 rings (SSSR count). The summed E-state index contributed by atoms with van der Waals surface area (Å²) in [5.74, 6) is 0.693. The molecule has 2 unspecified atom stereocenters. The third-order valence-corrected chi connectivity index (χ3v) is 2.21. The fourth-order valence-corrected chi connectivity index (χ4v) is 1.42. The zero-order valence-corrected chi connectivity index (χ0v) is 10.9. The minimum Gasteiger partial charge on any atom is -0.382 e. The van der Waals surface area contributed by atoms with Crippen LogP contribution in [0.15, 0.2) is 0 Å². The standard InChI is InChI=1S/C12H27NO2/c1-6-12(8-13-7-10(2)3)15-11(4)9-14-5/h10-13H,6-9H2,1-5H3. The average Bonchev–Trinajstić information content (AvgIpc) is 2.16. The van der Waals surface area contributed by atoms with Crippen molar-refractivity contribution < 1.29 is 9.47 Å². The number of methoxy groups -OCH3 is 1. The van der Waals surface area contributed by atoms with Crippen molar-refractivity contribution in [1.29, 1.82) is 0 Å². The van der Waals surface area contributed by atoms with E-state index < -0.39 is 0 Å². The van der Waals surface area contributed by atoms with Gasteiger partial charge in [-0.05, 0) is 25.8 Å². The Balaban J connectivity index is 3.62. The van der Waals surface area contributed by atoms with Crippen molar-refractivity contribution in [2.45, 2.75) is 46.3 Å². The van der Waals surface area contributed by atoms with Crippen LogP contribution in [-0.4, -0.2) is 39.0 Å². The Kier molecular flexibility index (Phi) is 9.06. The number of hydrogen-bond donors (Lipinski definition) is 1. The Morgan fingerprint density at radius 1 is 1.13 bits per heavy atom. The van der Waals surface area contributed by atoms with Gasteiger partial charge in [-0.3, -0.25) is 0 Å². The number of ether oxygens (including phenoxy) is 2. The van der Waals surface area contributed by atoms with Crippen LogP contribution in [0.25, 0.3) is 0 Å². The van der Waals surface area contributed by atoms with Crippen LogP contribution >= 0.6 is 0 Å². The van der Waals surface area contributed by atoms with E-state index in [1.54, 1.807) is 7.11 Å². The predicted molar refractivity (Wildman–Crippen MR) is 64.2 cm³/mol. The first-order chi connectivity index (χ1) is 7.10. The molecule has 0 aromatic rings. The van der Waals surface area contributed by atoms with E-state index in [1.807, 2.05) is 0 Å². The summed E-state index contributed by atoms with van der Waals surface area (Å²) in [6, 6.07) is 0. The van der Waals surface area contributed by atoms with Crippen LogP contribution in [0, 0.1) is 5.92 Å². The highest BCUT2D eigenvalue weighted by atomic mass is 16.5. The second-order valence-corrected chi connectivity index (χ2v) is 4.48. The summed E-state index contributed by atoms with van der Waals surface area (Å²) in [5, 5.41) is 3.42. The van der Waals surface area contributed by atoms with Crippen molar-refractivity contribution >= 4 is 0 Å². The van der Waals surface area contributed by atoms with Crippen LogP contribution in [0.4, 0.5) is 0 Å². The Morgan fingerprint density at radius 2 is 1.80 bits per heavy atom. The zero-order valence-electron chi connectivity index (χ0n) is 10.9. The molecule has 0 aliphatic carbocycles. The number of hydrogen-bond acceptors (Lipinski definition) is 3. The van der Waals surface area contributed by atoms with Crippen molar-refractivity contribution in [3.05, 3.63) is 0 Å². The molecule has 92 valence electrons. The molecule has 2 atom stereocenters. The highest BCUT2D eigenvalue weighted by Gasteiger charge is 2.11. The Bertz CT molecular complexity index is 140. The van der Waals surface area contributed by atoms with Crippen molar-refractivity contribution in [2.24, 2.45) is 5.92 Å². The van der Waals surface area contributed by atoms with Crippen molar-refractivity contribution in [1.82, 2.24) is 5.32 Å². The molecule has 0 aliphatic heterocycles. The smallest absolute Gasteiger partial charge is 0.0784 e. The molecular weight excluding hydrogens is 190 g/mol. The van der Waals surface area contributed by atoms with Gasteiger partial charge in [-0.15, -0.1) is 0 Å². The van der Waals surface area contributed by atoms with Gasteiger partial charge in [0.15, 0.2) is 0 Å². The third kappa shape index (κ3) is 8.85. The second-order valence-electron chi connectivity index (χ2n) is 4.48. The molecule has 3 heteroatoms. The number of nitrogens with one attached hydrogen (secondary N) is 1. The lowest BCUT2D eigenvalue weighted by molar-refractivity contribution is -0.0390. The highest BCUT2D eigenvalue weighted by molar-refractivity contribution is 4.63. The molecule has 1 N–H and O–H groups in total. The Labute approximate surface area is 94.5 Å². The Morgan fingerprint density at radius 3 is 2.27 bits per heavy atom. The molecule has 15 heavy (non-hydrogen) atoms. The first-order valence-corrected chi connectivity index (χ1v) is 5.95. The first-order valence-electron chi connectivity index (χ1n) is 5.95. The molecule has 0 aromatic carbocycles. The van der Waals surface area contributed by atoms with Crippen molar-refractivity contribution in [3.8, 4) is 0 Å². The van der Waals surface area contributed by atoms with Crippen molar-refractivity contribution in [3.63, 3.8) is 0 Å². The lowest BCUT2D eigenvalue weighted by Crippen LogP contribution is -2.34. The summed E-state index contributed by atoms with van der Waals surface area (Å²) < 4.78 is 10.9. The van der Waals surface area contributed by atoms with Gasteiger partial charge in [-0.25, -0.2) is 0 Å². The van der Waals surface area contributed by atoms with Gasteiger partial charge in [0.1, 0.15) is 0 Å². The maximum absolute atomic E-state index is 5.83. The van der Waals surface area contributed by atoms with Crippen LogP contribution in [0.5, 0.6) is 0 Å². The molecular formula is C12H27NO2. The predicted octanol–water partition coefficient (Wildman–Crippen LogP) is 2.06. The molecule has 0 saturated carbocycles. The van der Waals surface area contributed by atoms with E-state index in [0.717, 1.165) is 19.5 Å². The maximum Gasteiger partial charge on any atom is 0.0784 e. The summed E-state index contributed by atoms with van der Waals surface area (Å²) in [6.45, 7) is 11.3. The fourth-order valence-electron chi connectivity index (χ4n) is 1.42. The summed E-state index contributed by atoms with van der Waals surface area (Å²) in [7, 11) is 1.71. The lowest BCUT2D eigenvalue weighted by Gasteiger charge is -2.21. The van der Waals surface area contributed by atoms with Crippen molar-refractivity contribution in [2.75, 3.05) is 26.8 Å². The van der Waals surface area contributed by atoms with Crippen LogP contribution < -0.4 is 5.32 Å². The van der Waals surface area contributed by atoms with Gasteiger partial charge >= 0.3 is 0 Å². The van der Waals surface area contributed by atoms with Gasteiger partial charge in [0.25, 0.3) is 0 Å². The molecule has 0 amide bonds. The molecule has 0 fully saturated rings. The van der Waals surface area contributed by atoms with Gasteiger partial charge in [0, 0.05) is 13.7 Å². The normalized spacial score (nSPS) is 15.6. The van der Waals surface area contributed by atoms with E-state index in [2.05, 4.69) is 33.0 Å². The fraction of sp³-hybridized carbons (Fsp3) is 1.00. The molecule has 0 heterocycles. The van der Waals surface area contributed by atoms with E-state index in [4.69, 9.17) is 9.47 Å². The zero-order chi connectivity index (χ0) is 11.7. The van der Waals surface area contributed by atoms with Crippen LogP contribution in [0.3, 0.4) is 0 Å². The van der Waals surface area contributed by atoms with Gasteiger partial charge in [0.2, 0.25) is 0 Å². The molecule has 0 radical (unpaired) electrons. The topological polar surface area (TPSA) is 30.5 Å². The molecule has 0 saturated heterocycles. The SMILES string of the molecule is CCC(CNCC(C)C)OC(C)COC. The summed E-state index contributed by atoms with van der Waals surface area (Å²) >= 11 is 0. The maximum atomic E-state index is 5.83. The molecule has 0 bridgehead atoms. The van der Waals surface area contributed by atoms with Gasteiger partial charge < -0.3 is 14.8 Å². The third-order valence-electron chi connectivity index (χ3n) is 2.21. The number of rotatable bonds is 9. The van der Waals surface area contributed by atoms with E-state index in [-0.39, 0.29) is 6.10 Å². The summed E-state index contributed by atoms with van der Waals surface area (Å²) in [6.07, 6.45) is 1.52. The van der Waals surface area contributed by atoms with Crippen LogP contribution in [0.1, 0.15) is 34.1 Å². The lowest BCUT2D eigenvalue weighted by atomic mass is 10.2. The highest BCUT2D eigenvalue weighted by Crippen LogP contribution is 2.02. The molecule has 0 aromatic heterocycles. The summed E-state index contributed by atoms with van der Waals surface area (Å²) in [4.78, 5) is 0. The van der Waals surface area contributed by atoms with Gasteiger partial charge in [-0.1, -0.05) is 20.8 Å². The molecule has 3 nitrogen and oxygen atoms in total. The second kappa shape index (κ2) is 9.13. The quantitative estimate of drug-likeness (QED) is 0.641. The van der Waals surface area contributed by atoms with E-state index in [1.165, 1.54) is 0 Å². The average molecular weight is 217 g/mol. The van der Waals surface area contributed by atoms with E-state index in [9.17, 15) is 0 Å². The van der Waals surface area contributed by atoms with Crippen LogP contribution in [-0.2, 0) is 9.47 Å². The van der Waals surface area contributed by atoms with Gasteiger partial charge in [0.05, 0.1) is 18.8 Å². The summed E-state index contributed by atoms with van der Waals surface area (Å²) in [5.41, 5.74) is 0. The minimum atomic E-state index is 0.181. The molecule has 0 spiro atoms. The van der Waals surface area contributed by atoms with E-state index in [0.29, 0.717) is 18.6 Å². The van der Waals surface area contributed by atoms with Gasteiger partial charge in [-0.2, -0.15) is 0 Å². The minimum absolute atomic E-state index is 0.181. The van der Waals surface area contributed by atoms with E-state index >= 15 is 0 Å².